The third-order valence-corrected chi connectivity index (χ3v) is 4.20. The average molecular weight is 264 g/mol. The molecule has 1 aliphatic heterocycles. The minimum atomic E-state index is 0.0753. The van der Waals surface area contributed by atoms with Gasteiger partial charge in [-0.05, 0) is 38.8 Å². The van der Waals surface area contributed by atoms with Crippen molar-refractivity contribution in [2.75, 3.05) is 19.6 Å². The van der Waals surface area contributed by atoms with Crippen molar-refractivity contribution < 1.29 is 0 Å². The van der Waals surface area contributed by atoms with Gasteiger partial charge in [0.1, 0.15) is 0 Å². The standard InChI is InChI=1S/C15H28N4/c1-12(2)15(16)14-9-17-11-19(14)13(3)10-18-7-5-4-6-8-18/h9,11-13,15H,4-8,10,16H2,1-3H3. The summed E-state index contributed by atoms with van der Waals surface area (Å²) in [5.74, 6) is 0.442. The number of nitrogens with zero attached hydrogens (tertiary/aromatic N) is 3. The van der Waals surface area contributed by atoms with Crippen LogP contribution < -0.4 is 5.73 Å². The molecule has 108 valence electrons. The van der Waals surface area contributed by atoms with Crippen LogP contribution in [0.3, 0.4) is 0 Å². The van der Waals surface area contributed by atoms with Crippen LogP contribution in [-0.2, 0) is 0 Å². The van der Waals surface area contributed by atoms with E-state index in [0.29, 0.717) is 12.0 Å². The number of aromatic nitrogens is 2. The summed E-state index contributed by atoms with van der Waals surface area (Å²) in [6, 6.07) is 0.520. The Labute approximate surface area is 117 Å². The van der Waals surface area contributed by atoms with E-state index in [2.05, 4.69) is 35.2 Å². The summed E-state index contributed by atoms with van der Waals surface area (Å²) in [5, 5.41) is 0. The summed E-state index contributed by atoms with van der Waals surface area (Å²) in [6.07, 6.45) is 7.94. The second kappa shape index (κ2) is 6.53. The van der Waals surface area contributed by atoms with Crippen molar-refractivity contribution in [2.24, 2.45) is 11.7 Å². The summed E-state index contributed by atoms with van der Waals surface area (Å²) >= 11 is 0. The molecular weight excluding hydrogens is 236 g/mol. The van der Waals surface area contributed by atoms with Crippen molar-refractivity contribution in [3.05, 3.63) is 18.2 Å². The normalized spacial score (nSPS) is 20.7. The molecule has 1 aromatic heterocycles. The molecule has 0 aromatic carbocycles. The van der Waals surface area contributed by atoms with Crippen molar-refractivity contribution in [2.45, 2.75) is 52.1 Å². The molecule has 1 fully saturated rings. The van der Waals surface area contributed by atoms with Crippen molar-refractivity contribution >= 4 is 0 Å². The first-order valence-corrected chi connectivity index (χ1v) is 7.59. The molecule has 0 radical (unpaired) electrons. The molecule has 2 heterocycles. The van der Waals surface area contributed by atoms with Crippen molar-refractivity contribution in [1.29, 1.82) is 0 Å². The minimum Gasteiger partial charge on any atom is -0.329 e. The second-order valence-electron chi connectivity index (χ2n) is 6.21. The molecule has 2 unspecified atom stereocenters. The molecule has 1 aromatic rings. The largest absolute Gasteiger partial charge is 0.329 e. The first-order chi connectivity index (χ1) is 9.09. The Morgan fingerprint density at radius 3 is 2.53 bits per heavy atom. The molecule has 2 N–H and O–H groups in total. The molecule has 0 bridgehead atoms. The molecule has 2 atom stereocenters. The zero-order chi connectivity index (χ0) is 13.8. The Balaban J connectivity index is 2.02. The van der Waals surface area contributed by atoms with Gasteiger partial charge in [-0.2, -0.15) is 0 Å². The van der Waals surface area contributed by atoms with Crippen LogP contribution in [0.4, 0.5) is 0 Å². The Morgan fingerprint density at radius 1 is 1.21 bits per heavy atom. The third kappa shape index (κ3) is 3.57. The number of imidazole rings is 1. The van der Waals surface area contributed by atoms with Gasteiger partial charge in [0, 0.05) is 24.8 Å². The molecule has 4 nitrogen and oxygen atoms in total. The molecule has 4 heteroatoms. The van der Waals surface area contributed by atoms with Crippen LogP contribution in [0, 0.1) is 5.92 Å². The quantitative estimate of drug-likeness (QED) is 0.889. The highest BCUT2D eigenvalue weighted by atomic mass is 15.2. The van der Waals surface area contributed by atoms with Crippen LogP contribution in [0.5, 0.6) is 0 Å². The number of likely N-dealkylation sites (tertiary alicyclic amines) is 1. The Hall–Kier alpha value is -0.870. The zero-order valence-electron chi connectivity index (χ0n) is 12.5. The highest BCUT2D eigenvalue weighted by Gasteiger charge is 2.20. The lowest BCUT2D eigenvalue weighted by atomic mass is 10.0. The topological polar surface area (TPSA) is 47.1 Å². The first kappa shape index (κ1) is 14.5. The van der Waals surface area contributed by atoms with Gasteiger partial charge in [0.15, 0.2) is 0 Å². The van der Waals surface area contributed by atoms with E-state index in [1.165, 1.54) is 38.0 Å². The summed E-state index contributed by atoms with van der Waals surface area (Å²) in [7, 11) is 0. The second-order valence-corrected chi connectivity index (χ2v) is 6.21. The number of nitrogens with two attached hydrogens (primary N) is 1. The third-order valence-electron chi connectivity index (χ3n) is 4.20. The molecule has 0 spiro atoms. The number of piperidine rings is 1. The number of hydrogen-bond donors (Lipinski definition) is 1. The first-order valence-electron chi connectivity index (χ1n) is 7.59. The fraction of sp³-hybridized carbons (Fsp3) is 0.800. The fourth-order valence-corrected chi connectivity index (χ4v) is 2.89. The van der Waals surface area contributed by atoms with Gasteiger partial charge in [-0.25, -0.2) is 4.98 Å². The molecule has 0 amide bonds. The molecule has 0 saturated carbocycles. The van der Waals surface area contributed by atoms with Crippen molar-refractivity contribution in [3.8, 4) is 0 Å². The van der Waals surface area contributed by atoms with Gasteiger partial charge in [-0.3, -0.25) is 0 Å². The van der Waals surface area contributed by atoms with Gasteiger partial charge in [0.25, 0.3) is 0 Å². The lowest BCUT2D eigenvalue weighted by molar-refractivity contribution is 0.199. The van der Waals surface area contributed by atoms with E-state index in [0.717, 1.165) is 6.54 Å². The summed E-state index contributed by atoms with van der Waals surface area (Å²) < 4.78 is 2.26. The van der Waals surface area contributed by atoms with E-state index in [4.69, 9.17) is 5.73 Å². The maximum atomic E-state index is 6.28. The SMILES string of the molecule is CC(C)C(N)c1cncn1C(C)CN1CCCCC1. The predicted molar refractivity (Wildman–Crippen MR) is 79.0 cm³/mol. The molecule has 2 rings (SSSR count). The van der Waals surface area contributed by atoms with E-state index < -0.39 is 0 Å². The van der Waals surface area contributed by atoms with Crippen LogP contribution in [0.2, 0.25) is 0 Å². The van der Waals surface area contributed by atoms with Crippen LogP contribution >= 0.6 is 0 Å². The van der Waals surface area contributed by atoms with Gasteiger partial charge in [0.05, 0.1) is 12.0 Å². The van der Waals surface area contributed by atoms with Gasteiger partial charge in [-0.15, -0.1) is 0 Å². The molecule has 1 saturated heterocycles. The van der Waals surface area contributed by atoms with Gasteiger partial charge in [-0.1, -0.05) is 20.3 Å². The van der Waals surface area contributed by atoms with Crippen molar-refractivity contribution in [1.82, 2.24) is 14.5 Å². The zero-order valence-corrected chi connectivity index (χ0v) is 12.5. The highest BCUT2D eigenvalue weighted by molar-refractivity contribution is 5.07. The Bertz CT molecular complexity index is 379. The Morgan fingerprint density at radius 2 is 1.89 bits per heavy atom. The summed E-state index contributed by atoms with van der Waals surface area (Å²) in [4.78, 5) is 6.87. The minimum absolute atomic E-state index is 0.0753. The Kier molecular flexibility index (Phi) is 4.99. The summed E-state index contributed by atoms with van der Waals surface area (Å²) in [6.45, 7) is 10.2. The van der Waals surface area contributed by atoms with Crippen LogP contribution in [0.1, 0.15) is 57.8 Å². The van der Waals surface area contributed by atoms with Crippen LogP contribution in [0.15, 0.2) is 12.5 Å². The fourth-order valence-electron chi connectivity index (χ4n) is 2.89. The van der Waals surface area contributed by atoms with E-state index in [1.54, 1.807) is 0 Å². The number of hydrogen-bond acceptors (Lipinski definition) is 3. The maximum absolute atomic E-state index is 6.28. The highest BCUT2D eigenvalue weighted by Crippen LogP contribution is 2.22. The maximum Gasteiger partial charge on any atom is 0.0951 e. The predicted octanol–water partition coefficient (Wildman–Crippen LogP) is 2.59. The van der Waals surface area contributed by atoms with Crippen LogP contribution in [-0.4, -0.2) is 34.1 Å². The van der Waals surface area contributed by atoms with E-state index in [9.17, 15) is 0 Å². The van der Waals surface area contributed by atoms with E-state index in [-0.39, 0.29) is 6.04 Å². The molecule has 1 aliphatic rings. The van der Waals surface area contributed by atoms with Gasteiger partial charge >= 0.3 is 0 Å². The van der Waals surface area contributed by atoms with E-state index in [1.807, 2.05) is 12.5 Å². The molecule has 19 heavy (non-hydrogen) atoms. The van der Waals surface area contributed by atoms with Gasteiger partial charge < -0.3 is 15.2 Å². The monoisotopic (exact) mass is 264 g/mol. The van der Waals surface area contributed by atoms with Gasteiger partial charge in [0.2, 0.25) is 0 Å². The van der Waals surface area contributed by atoms with Crippen molar-refractivity contribution in [3.63, 3.8) is 0 Å². The van der Waals surface area contributed by atoms with Crippen LogP contribution in [0.25, 0.3) is 0 Å². The molecule has 0 aliphatic carbocycles. The molecular formula is C15H28N4. The summed E-state index contributed by atoms with van der Waals surface area (Å²) in [5.41, 5.74) is 7.45. The lowest BCUT2D eigenvalue weighted by Gasteiger charge is -2.31. The smallest absolute Gasteiger partial charge is 0.0951 e. The lowest BCUT2D eigenvalue weighted by Crippen LogP contribution is -2.35. The average Bonchev–Trinajstić information content (AvgIpc) is 2.88. The van der Waals surface area contributed by atoms with E-state index >= 15 is 0 Å². The number of rotatable bonds is 5.